The smallest absolute Gasteiger partial charge is 0.244 e. The lowest BCUT2D eigenvalue weighted by Gasteiger charge is -2.34. The van der Waals surface area contributed by atoms with Crippen LogP contribution in [0.1, 0.15) is 31.2 Å². The van der Waals surface area contributed by atoms with Crippen LogP contribution in [0.2, 0.25) is 0 Å². The highest BCUT2D eigenvalue weighted by Gasteiger charge is 2.34. The molecule has 1 aromatic carbocycles. The number of aliphatic hydroxyl groups excluding tert-OH is 1. The number of hydrogen-bond acceptors (Lipinski definition) is 5. The predicted molar refractivity (Wildman–Crippen MR) is 78.8 cm³/mol. The van der Waals surface area contributed by atoms with Gasteiger partial charge in [-0.3, -0.25) is 0 Å². The number of aliphatic hydroxyl groups is 1. The van der Waals surface area contributed by atoms with Crippen LogP contribution in [0, 0.1) is 11.3 Å². The van der Waals surface area contributed by atoms with Gasteiger partial charge in [-0.25, -0.2) is 8.42 Å². The fraction of sp³-hybridized carbons (Fsp3) is 0.500. The fourth-order valence-corrected chi connectivity index (χ4v) is 4.56. The zero-order chi connectivity index (χ0) is 15.5. The number of piperidine rings is 1. The van der Waals surface area contributed by atoms with Crippen molar-refractivity contribution in [3.63, 3.8) is 0 Å². The number of sulfonamides is 1. The molecule has 0 radical (unpaired) electrons. The van der Waals surface area contributed by atoms with E-state index in [2.05, 4.69) is 0 Å². The highest BCUT2D eigenvalue weighted by atomic mass is 32.2. The fourth-order valence-electron chi connectivity index (χ4n) is 2.71. The van der Waals surface area contributed by atoms with Crippen molar-refractivity contribution in [3.05, 3.63) is 23.8 Å². The molecule has 1 aliphatic heterocycles. The van der Waals surface area contributed by atoms with Gasteiger partial charge in [0.2, 0.25) is 10.0 Å². The Morgan fingerprint density at radius 3 is 2.86 bits per heavy atom. The molecule has 6 nitrogen and oxygen atoms in total. The Hall–Kier alpha value is -1.62. The lowest BCUT2D eigenvalue weighted by Crippen LogP contribution is -2.44. The minimum absolute atomic E-state index is 0.0101. The molecule has 0 amide bonds. The predicted octanol–water partition coefficient (Wildman–Crippen LogP) is 1.07. The van der Waals surface area contributed by atoms with Gasteiger partial charge in [0.25, 0.3) is 0 Å². The van der Waals surface area contributed by atoms with Crippen molar-refractivity contribution in [2.24, 2.45) is 0 Å². The second-order valence-electron chi connectivity index (χ2n) is 5.15. The molecule has 114 valence electrons. The molecule has 21 heavy (non-hydrogen) atoms. The lowest BCUT2D eigenvalue weighted by atomic mass is 10.0. The number of anilines is 1. The van der Waals surface area contributed by atoms with Crippen LogP contribution in [-0.2, 0) is 10.0 Å². The zero-order valence-electron chi connectivity index (χ0n) is 11.7. The van der Waals surface area contributed by atoms with Gasteiger partial charge in [-0.15, -0.1) is 0 Å². The Labute approximate surface area is 124 Å². The summed E-state index contributed by atoms with van der Waals surface area (Å²) in [5, 5.41) is 18.3. The largest absolute Gasteiger partial charge is 0.399 e. The normalized spacial score (nSPS) is 20.1. The van der Waals surface area contributed by atoms with Crippen LogP contribution in [0.15, 0.2) is 23.1 Å². The third kappa shape index (κ3) is 3.18. The van der Waals surface area contributed by atoms with Crippen molar-refractivity contribution in [2.45, 2.75) is 36.6 Å². The summed E-state index contributed by atoms with van der Waals surface area (Å²) in [4.78, 5) is -0.0101. The first-order valence-corrected chi connectivity index (χ1v) is 8.37. The molecule has 1 heterocycles. The van der Waals surface area contributed by atoms with Gasteiger partial charge in [0.15, 0.2) is 0 Å². The van der Waals surface area contributed by atoms with Crippen LogP contribution in [-0.4, -0.2) is 37.0 Å². The van der Waals surface area contributed by atoms with E-state index >= 15 is 0 Å². The van der Waals surface area contributed by atoms with Crippen LogP contribution in [0.4, 0.5) is 5.69 Å². The van der Waals surface area contributed by atoms with E-state index in [0.29, 0.717) is 18.7 Å². The van der Waals surface area contributed by atoms with E-state index in [1.54, 1.807) is 0 Å². The summed E-state index contributed by atoms with van der Waals surface area (Å²) >= 11 is 0. The molecule has 2 rings (SSSR count). The molecule has 1 fully saturated rings. The van der Waals surface area contributed by atoms with Crippen LogP contribution >= 0.6 is 0 Å². The van der Waals surface area contributed by atoms with Crippen LogP contribution < -0.4 is 5.73 Å². The minimum Gasteiger partial charge on any atom is -0.399 e. The summed E-state index contributed by atoms with van der Waals surface area (Å²) in [6.07, 6.45) is 2.88. The van der Waals surface area contributed by atoms with Crippen LogP contribution in [0.3, 0.4) is 0 Å². The molecule has 1 atom stereocenters. The topological polar surface area (TPSA) is 107 Å². The van der Waals surface area contributed by atoms with Crippen molar-refractivity contribution in [1.29, 1.82) is 5.26 Å². The van der Waals surface area contributed by atoms with Gasteiger partial charge in [-0.2, -0.15) is 9.57 Å². The molecule has 1 aliphatic rings. The summed E-state index contributed by atoms with van der Waals surface area (Å²) in [6, 6.07) is 5.92. The SMILES string of the molecule is N#Cc1cc(N)ccc1S(=O)(=O)N1CCCCC1CCO. The standard InChI is InChI=1S/C14H19N3O3S/c15-10-11-9-12(16)4-5-14(11)21(19,20)17-7-2-1-3-13(17)6-8-18/h4-5,9,13,18H,1-3,6-8,16H2. The van der Waals surface area contributed by atoms with Crippen molar-refractivity contribution < 1.29 is 13.5 Å². The number of nitrogens with zero attached hydrogens (tertiary/aromatic N) is 2. The number of rotatable bonds is 4. The number of nitrogens with two attached hydrogens (primary N) is 1. The van der Waals surface area contributed by atoms with E-state index in [1.807, 2.05) is 6.07 Å². The molecule has 7 heteroatoms. The number of hydrogen-bond donors (Lipinski definition) is 2. The summed E-state index contributed by atoms with van der Waals surface area (Å²) in [5.74, 6) is 0. The molecule has 0 saturated carbocycles. The van der Waals surface area contributed by atoms with Gasteiger partial charge in [-0.1, -0.05) is 6.42 Å². The molecule has 0 spiro atoms. The minimum atomic E-state index is -3.75. The third-order valence-electron chi connectivity index (χ3n) is 3.75. The lowest BCUT2D eigenvalue weighted by molar-refractivity contribution is 0.192. The Bertz CT molecular complexity index is 650. The third-order valence-corrected chi connectivity index (χ3v) is 5.76. The summed E-state index contributed by atoms with van der Waals surface area (Å²) < 4.78 is 27.0. The molecule has 1 saturated heterocycles. The number of benzene rings is 1. The molecule has 1 aromatic rings. The van der Waals surface area contributed by atoms with E-state index in [9.17, 15) is 8.42 Å². The molecule has 0 bridgehead atoms. The Morgan fingerprint density at radius 2 is 2.19 bits per heavy atom. The quantitative estimate of drug-likeness (QED) is 0.809. The van der Waals surface area contributed by atoms with Crippen molar-refractivity contribution in [2.75, 3.05) is 18.9 Å². The Balaban J connectivity index is 2.43. The zero-order valence-corrected chi connectivity index (χ0v) is 12.5. The average molecular weight is 309 g/mol. The molecular weight excluding hydrogens is 290 g/mol. The average Bonchev–Trinajstić information content (AvgIpc) is 2.47. The second-order valence-corrected chi connectivity index (χ2v) is 7.00. The van der Waals surface area contributed by atoms with E-state index in [0.717, 1.165) is 19.3 Å². The summed E-state index contributed by atoms with van der Waals surface area (Å²) in [5.41, 5.74) is 6.02. The molecular formula is C14H19N3O3S. The van der Waals surface area contributed by atoms with E-state index in [-0.39, 0.29) is 23.1 Å². The highest BCUT2D eigenvalue weighted by molar-refractivity contribution is 7.89. The van der Waals surface area contributed by atoms with Gasteiger partial charge < -0.3 is 10.8 Å². The molecule has 0 aliphatic carbocycles. The monoisotopic (exact) mass is 309 g/mol. The summed E-state index contributed by atoms with van der Waals surface area (Å²) in [6.45, 7) is 0.367. The van der Waals surface area contributed by atoms with Crippen LogP contribution in [0.5, 0.6) is 0 Å². The van der Waals surface area contributed by atoms with Crippen molar-refractivity contribution in [3.8, 4) is 6.07 Å². The van der Waals surface area contributed by atoms with Crippen molar-refractivity contribution in [1.82, 2.24) is 4.31 Å². The number of nitrogen functional groups attached to an aromatic ring is 1. The molecule has 3 N–H and O–H groups in total. The van der Waals surface area contributed by atoms with Gasteiger partial charge in [-0.05, 0) is 37.5 Å². The maximum Gasteiger partial charge on any atom is 0.244 e. The van der Waals surface area contributed by atoms with Gasteiger partial charge in [0.1, 0.15) is 11.0 Å². The first kappa shape index (κ1) is 15.8. The molecule has 1 unspecified atom stereocenters. The van der Waals surface area contributed by atoms with Crippen molar-refractivity contribution >= 4 is 15.7 Å². The second kappa shape index (κ2) is 6.43. The molecule has 0 aromatic heterocycles. The first-order valence-electron chi connectivity index (χ1n) is 6.93. The van der Waals surface area contributed by atoms with E-state index < -0.39 is 10.0 Å². The number of nitriles is 1. The maximum atomic E-state index is 12.8. The van der Waals surface area contributed by atoms with Gasteiger partial charge >= 0.3 is 0 Å². The van der Waals surface area contributed by atoms with Crippen LogP contribution in [0.25, 0.3) is 0 Å². The van der Waals surface area contributed by atoms with E-state index in [4.69, 9.17) is 16.1 Å². The van der Waals surface area contributed by atoms with Gasteiger partial charge in [0.05, 0.1) is 5.56 Å². The maximum absolute atomic E-state index is 12.8. The summed E-state index contributed by atoms with van der Waals surface area (Å²) in [7, 11) is -3.75. The van der Waals surface area contributed by atoms with Gasteiger partial charge in [0, 0.05) is 24.9 Å². The Morgan fingerprint density at radius 1 is 1.43 bits per heavy atom. The Kier molecular flexibility index (Phi) is 4.83. The first-order chi connectivity index (χ1) is 10.0. The van der Waals surface area contributed by atoms with E-state index in [1.165, 1.54) is 22.5 Å². The highest BCUT2D eigenvalue weighted by Crippen LogP contribution is 2.29.